The maximum atomic E-state index is 12.4. The number of hydrogen-bond acceptors (Lipinski definition) is 4. The van der Waals surface area contributed by atoms with Gasteiger partial charge in [-0.3, -0.25) is 19.8 Å². The van der Waals surface area contributed by atoms with E-state index in [1.54, 1.807) is 12.1 Å². The second-order valence-corrected chi connectivity index (χ2v) is 5.10. The van der Waals surface area contributed by atoms with Crippen LogP contribution < -0.4 is 5.32 Å². The maximum Gasteiger partial charge on any atom is 0.266 e. The molecule has 0 unspecified atom stereocenters. The lowest BCUT2D eigenvalue weighted by Crippen LogP contribution is -2.53. The Morgan fingerprint density at radius 1 is 1.32 bits per heavy atom. The van der Waals surface area contributed by atoms with E-state index in [9.17, 15) is 9.59 Å². The SMILES string of the molecule is C=CCN1C(=O)/C(=C\c2cc3ccccc3o2)C(=O)NC1=S. The van der Waals surface area contributed by atoms with E-state index in [1.165, 1.54) is 11.0 Å². The number of carbonyl (C=O) groups is 2. The molecule has 0 spiro atoms. The average molecular weight is 312 g/mol. The van der Waals surface area contributed by atoms with Crippen LogP contribution in [0.1, 0.15) is 5.76 Å². The molecule has 0 aliphatic carbocycles. The predicted molar refractivity (Wildman–Crippen MR) is 86.8 cm³/mol. The summed E-state index contributed by atoms with van der Waals surface area (Å²) in [4.78, 5) is 25.7. The van der Waals surface area contributed by atoms with Crippen molar-refractivity contribution in [3.63, 3.8) is 0 Å². The molecule has 0 saturated carbocycles. The minimum absolute atomic E-state index is 0.0190. The minimum Gasteiger partial charge on any atom is -0.457 e. The van der Waals surface area contributed by atoms with Gasteiger partial charge in [0.25, 0.3) is 11.8 Å². The van der Waals surface area contributed by atoms with Crippen molar-refractivity contribution in [3.8, 4) is 0 Å². The van der Waals surface area contributed by atoms with Crippen LogP contribution in [0.4, 0.5) is 0 Å². The van der Waals surface area contributed by atoms with Gasteiger partial charge in [-0.2, -0.15) is 0 Å². The van der Waals surface area contributed by atoms with Gasteiger partial charge in [-0.1, -0.05) is 24.3 Å². The van der Waals surface area contributed by atoms with Gasteiger partial charge < -0.3 is 4.42 Å². The summed E-state index contributed by atoms with van der Waals surface area (Å²) in [5.74, 6) is -0.559. The van der Waals surface area contributed by atoms with Gasteiger partial charge in [0.05, 0.1) is 0 Å². The Morgan fingerprint density at radius 2 is 2.09 bits per heavy atom. The van der Waals surface area contributed by atoms with Crippen LogP contribution in [0, 0.1) is 0 Å². The molecule has 22 heavy (non-hydrogen) atoms. The monoisotopic (exact) mass is 312 g/mol. The highest BCUT2D eigenvalue weighted by Gasteiger charge is 2.32. The number of nitrogens with zero attached hydrogens (tertiary/aromatic N) is 1. The van der Waals surface area contributed by atoms with Crippen molar-refractivity contribution in [1.29, 1.82) is 0 Å². The number of benzene rings is 1. The second-order valence-electron chi connectivity index (χ2n) is 4.71. The van der Waals surface area contributed by atoms with Crippen LogP contribution in [0.15, 0.2) is 53.0 Å². The van der Waals surface area contributed by atoms with Crippen LogP contribution >= 0.6 is 12.2 Å². The highest BCUT2D eigenvalue weighted by atomic mass is 32.1. The third-order valence-electron chi connectivity index (χ3n) is 3.23. The third kappa shape index (κ3) is 2.44. The fourth-order valence-corrected chi connectivity index (χ4v) is 2.45. The predicted octanol–water partition coefficient (Wildman–Crippen LogP) is 2.25. The molecule has 2 amide bonds. The number of nitrogens with one attached hydrogen (secondary N) is 1. The Bertz CT molecular complexity index is 802. The highest BCUT2D eigenvalue weighted by Crippen LogP contribution is 2.22. The summed E-state index contributed by atoms with van der Waals surface area (Å²) in [6.45, 7) is 3.81. The first kappa shape index (κ1) is 14.2. The molecule has 1 saturated heterocycles. The number of amides is 2. The Balaban J connectivity index is 2.00. The summed E-state index contributed by atoms with van der Waals surface area (Å²) in [7, 11) is 0. The summed E-state index contributed by atoms with van der Waals surface area (Å²) in [6, 6.07) is 9.22. The van der Waals surface area contributed by atoms with Crippen molar-refractivity contribution in [2.24, 2.45) is 0 Å². The molecule has 1 N–H and O–H groups in total. The topological polar surface area (TPSA) is 62.6 Å². The Kier molecular flexibility index (Phi) is 3.60. The molecule has 3 rings (SSSR count). The summed E-state index contributed by atoms with van der Waals surface area (Å²) in [5, 5.41) is 3.47. The molecule has 5 nitrogen and oxygen atoms in total. The number of furan rings is 1. The molecular weight excluding hydrogens is 300 g/mol. The smallest absolute Gasteiger partial charge is 0.266 e. The molecule has 1 aromatic carbocycles. The Hall–Kier alpha value is -2.73. The van der Waals surface area contributed by atoms with Gasteiger partial charge in [0.2, 0.25) is 0 Å². The van der Waals surface area contributed by atoms with Crippen molar-refractivity contribution in [2.45, 2.75) is 0 Å². The number of rotatable bonds is 3. The average Bonchev–Trinajstić information content (AvgIpc) is 2.90. The number of fused-ring (bicyclic) bond motifs is 1. The number of para-hydroxylation sites is 1. The van der Waals surface area contributed by atoms with E-state index >= 15 is 0 Å². The van der Waals surface area contributed by atoms with Crippen LogP contribution in [-0.4, -0.2) is 28.4 Å². The van der Waals surface area contributed by atoms with Gasteiger partial charge in [0, 0.05) is 11.9 Å². The molecule has 0 bridgehead atoms. The van der Waals surface area contributed by atoms with E-state index in [-0.39, 0.29) is 17.2 Å². The van der Waals surface area contributed by atoms with E-state index in [4.69, 9.17) is 16.6 Å². The first-order chi connectivity index (χ1) is 10.6. The molecule has 1 aliphatic heterocycles. The lowest BCUT2D eigenvalue weighted by atomic mass is 10.1. The van der Waals surface area contributed by atoms with Crippen molar-refractivity contribution in [3.05, 3.63) is 54.3 Å². The molecule has 2 aromatic rings. The van der Waals surface area contributed by atoms with Gasteiger partial charge in [-0.25, -0.2) is 0 Å². The summed E-state index contributed by atoms with van der Waals surface area (Å²) < 4.78 is 5.61. The first-order valence-corrected chi connectivity index (χ1v) is 6.99. The van der Waals surface area contributed by atoms with Crippen molar-refractivity contribution in [2.75, 3.05) is 6.54 Å². The summed E-state index contributed by atoms with van der Waals surface area (Å²) in [6.07, 6.45) is 2.97. The van der Waals surface area contributed by atoms with E-state index < -0.39 is 11.8 Å². The van der Waals surface area contributed by atoms with Gasteiger partial charge in [0.1, 0.15) is 16.9 Å². The highest BCUT2D eigenvalue weighted by molar-refractivity contribution is 7.80. The van der Waals surface area contributed by atoms with Crippen molar-refractivity contribution < 1.29 is 14.0 Å². The zero-order valence-corrected chi connectivity index (χ0v) is 12.4. The first-order valence-electron chi connectivity index (χ1n) is 6.58. The lowest BCUT2D eigenvalue weighted by Gasteiger charge is -2.27. The molecule has 0 radical (unpaired) electrons. The summed E-state index contributed by atoms with van der Waals surface area (Å²) >= 11 is 4.99. The molecular formula is C16H12N2O3S. The third-order valence-corrected chi connectivity index (χ3v) is 3.55. The van der Waals surface area contributed by atoms with Crippen LogP contribution in [0.3, 0.4) is 0 Å². The zero-order chi connectivity index (χ0) is 15.7. The number of carbonyl (C=O) groups excluding carboxylic acids is 2. The largest absolute Gasteiger partial charge is 0.457 e. The fraction of sp³-hybridized carbons (Fsp3) is 0.0625. The molecule has 2 heterocycles. The van der Waals surface area contributed by atoms with E-state index in [0.717, 1.165) is 5.39 Å². The summed E-state index contributed by atoms with van der Waals surface area (Å²) in [5.41, 5.74) is 0.672. The maximum absolute atomic E-state index is 12.4. The Labute approximate surface area is 131 Å². The van der Waals surface area contributed by atoms with Crippen LogP contribution in [0.5, 0.6) is 0 Å². The zero-order valence-electron chi connectivity index (χ0n) is 11.5. The fourth-order valence-electron chi connectivity index (χ4n) is 2.20. The van der Waals surface area contributed by atoms with Crippen molar-refractivity contribution >= 4 is 46.2 Å². The molecule has 1 aromatic heterocycles. The van der Waals surface area contributed by atoms with Gasteiger partial charge in [-0.15, -0.1) is 6.58 Å². The normalized spacial score (nSPS) is 17.2. The van der Waals surface area contributed by atoms with E-state index in [2.05, 4.69) is 11.9 Å². The van der Waals surface area contributed by atoms with Crippen LogP contribution in [-0.2, 0) is 9.59 Å². The lowest BCUT2D eigenvalue weighted by molar-refractivity contribution is -0.128. The minimum atomic E-state index is -0.532. The molecule has 6 heteroatoms. The van der Waals surface area contributed by atoms with Crippen LogP contribution in [0.2, 0.25) is 0 Å². The number of hydrogen-bond donors (Lipinski definition) is 1. The standard InChI is InChI=1S/C16H12N2O3S/c1-2-7-18-15(20)12(14(19)17-16(18)22)9-11-8-10-5-3-4-6-13(10)21-11/h2-6,8-9H,1,7H2,(H,17,19,22)/b12-9-. The van der Waals surface area contributed by atoms with E-state index in [1.807, 2.05) is 24.3 Å². The van der Waals surface area contributed by atoms with Gasteiger partial charge in [0.15, 0.2) is 5.11 Å². The number of thiocarbonyl (C=S) groups is 1. The molecule has 0 atom stereocenters. The van der Waals surface area contributed by atoms with Gasteiger partial charge in [-0.05, 0) is 30.4 Å². The Morgan fingerprint density at radius 3 is 2.82 bits per heavy atom. The molecule has 110 valence electrons. The molecule has 1 fully saturated rings. The van der Waals surface area contributed by atoms with E-state index in [0.29, 0.717) is 11.3 Å². The van der Waals surface area contributed by atoms with Crippen LogP contribution in [0.25, 0.3) is 17.0 Å². The van der Waals surface area contributed by atoms with Gasteiger partial charge >= 0.3 is 0 Å². The quantitative estimate of drug-likeness (QED) is 0.409. The molecule has 1 aliphatic rings. The van der Waals surface area contributed by atoms with Crippen molar-refractivity contribution in [1.82, 2.24) is 10.2 Å². The second kappa shape index (κ2) is 5.57.